The summed E-state index contributed by atoms with van der Waals surface area (Å²) in [6.45, 7) is 1.40. The van der Waals surface area contributed by atoms with Crippen LogP contribution in [0.5, 0.6) is 6.01 Å². The first-order chi connectivity index (χ1) is 8.04. The van der Waals surface area contributed by atoms with E-state index in [4.69, 9.17) is 4.74 Å². The summed E-state index contributed by atoms with van der Waals surface area (Å²) in [4.78, 5) is 18.4. The van der Waals surface area contributed by atoms with E-state index in [-0.39, 0.29) is 16.9 Å². The molecular formula is C10H14N2O4S. The van der Waals surface area contributed by atoms with Crippen molar-refractivity contribution in [1.29, 1.82) is 0 Å². The van der Waals surface area contributed by atoms with Crippen molar-refractivity contribution < 1.29 is 19.7 Å². The molecular weight excluding hydrogens is 244 g/mol. The smallest absolute Gasteiger partial charge is 0.316 e. The zero-order valence-electron chi connectivity index (χ0n) is 9.53. The molecule has 1 rings (SSSR count). The lowest BCUT2D eigenvalue weighted by atomic mass is 10.1. The van der Waals surface area contributed by atoms with Gasteiger partial charge in [-0.25, -0.2) is 9.97 Å². The fourth-order valence-corrected chi connectivity index (χ4v) is 1.69. The summed E-state index contributed by atoms with van der Waals surface area (Å²) >= 11 is 0.956. The summed E-state index contributed by atoms with van der Waals surface area (Å²) in [5, 5.41) is 19.3. The van der Waals surface area contributed by atoms with Crippen molar-refractivity contribution in [3.63, 3.8) is 0 Å². The lowest BCUT2D eigenvalue weighted by Crippen LogP contribution is -2.21. The van der Waals surface area contributed by atoms with Gasteiger partial charge in [-0.05, 0) is 0 Å². The Morgan fingerprint density at radius 2 is 2.06 bits per heavy atom. The van der Waals surface area contributed by atoms with Crippen LogP contribution in [0, 0.1) is 0 Å². The number of carbonyl (C=O) groups excluding carboxylic acids is 1. The molecule has 0 bridgehead atoms. The molecule has 1 heterocycles. The first kappa shape index (κ1) is 13.9. The Balaban J connectivity index is 2.60. The number of ether oxygens (including phenoxy) is 1. The standard InChI is InChI=1S/C10H14N2O4S/c1-6(13)17-5-8(14)9(15)7-3-11-10(16-2)12-4-7/h3-4,8-9,14-15H,5H2,1-2H3. The number of aliphatic hydroxyl groups is 2. The number of aliphatic hydroxyl groups excluding tert-OH is 2. The third-order valence-corrected chi connectivity index (χ3v) is 2.91. The monoisotopic (exact) mass is 258 g/mol. The van der Waals surface area contributed by atoms with E-state index < -0.39 is 12.2 Å². The molecule has 0 saturated heterocycles. The molecule has 2 N–H and O–H groups in total. The third kappa shape index (κ3) is 4.29. The Morgan fingerprint density at radius 1 is 1.47 bits per heavy atom. The van der Waals surface area contributed by atoms with Gasteiger partial charge in [0.15, 0.2) is 5.12 Å². The van der Waals surface area contributed by atoms with Gasteiger partial charge in [0.25, 0.3) is 0 Å². The maximum absolute atomic E-state index is 10.7. The molecule has 17 heavy (non-hydrogen) atoms. The molecule has 2 atom stereocenters. The van der Waals surface area contributed by atoms with Crippen LogP contribution in [0.4, 0.5) is 0 Å². The van der Waals surface area contributed by atoms with Gasteiger partial charge in [0, 0.05) is 30.6 Å². The van der Waals surface area contributed by atoms with Crippen LogP contribution in [0.1, 0.15) is 18.6 Å². The van der Waals surface area contributed by atoms with Gasteiger partial charge in [-0.15, -0.1) is 0 Å². The fraction of sp³-hybridized carbons (Fsp3) is 0.500. The number of hydrogen-bond donors (Lipinski definition) is 2. The highest BCUT2D eigenvalue weighted by atomic mass is 32.2. The Labute approximate surface area is 103 Å². The molecule has 1 aromatic heterocycles. The van der Waals surface area contributed by atoms with Crippen LogP contribution < -0.4 is 4.74 Å². The summed E-state index contributed by atoms with van der Waals surface area (Å²) < 4.78 is 4.77. The number of rotatable bonds is 5. The Hall–Kier alpha value is -1.18. The van der Waals surface area contributed by atoms with E-state index >= 15 is 0 Å². The number of aromatic nitrogens is 2. The maximum Gasteiger partial charge on any atom is 0.316 e. The molecule has 0 aliphatic heterocycles. The quantitative estimate of drug-likeness (QED) is 0.777. The zero-order chi connectivity index (χ0) is 12.8. The lowest BCUT2D eigenvalue weighted by Gasteiger charge is -2.16. The summed E-state index contributed by atoms with van der Waals surface area (Å²) in [5.41, 5.74) is 0.377. The van der Waals surface area contributed by atoms with Crippen molar-refractivity contribution in [2.45, 2.75) is 19.1 Å². The second-order valence-corrected chi connectivity index (χ2v) is 4.51. The average molecular weight is 258 g/mol. The molecule has 0 radical (unpaired) electrons. The fourth-order valence-electron chi connectivity index (χ4n) is 1.10. The van der Waals surface area contributed by atoms with E-state index in [1.165, 1.54) is 26.4 Å². The number of hydrogen-bond acceptors (Lipinski definition) is 7. The molecule has 7 heteroatoms. The van der Waals surface area contributed by atoms with E-state index in [9.17, 15) is 15.0 Å². The van der Waals surface area contributed by atoms with Gasteiger partial charge in [0.2, 0.25) is 0 Å². The Bertz CT molecular complexity index is 371. The Morgan fingerprint density at radius 3 is 2.53 bits per heavy atom. The molecule has 1 aromatic rings. The highest BCUT2D eigenvalue weighted by Crippen LogP contribution is 2.19. The second kappa shape index (κ2) is 6.53. The van der Waals surface area contributed by atoms with Crippen LogP contribution >= 0.6 is 11.8 Å². The SMILES string of the molecule is COc1ncc(C(O)C(O)CSC(C)=O)cn1. The minimum absolute atomic E-state index is 0.109. The van der Waals surface area contributed by atoms with E-state index in [0.29, 0.717) is 5.56 Å². The highest BCUT2D eigenvalue weighted by molar-refractivity contribution is 8.13. The molecule has 0 aliphatic rings. The Kier molecular flexibility index (Phi) is 5.33. The van der Waals surface area contributed by atoms with Gasteiger partial charge in [0.1, 0.15) is 6.10 Å². The molecule has 0 fully saturated rings. The minimum atomic E-state index is -1.12. The van der Waals surface area contributed by atoms with Gasteiger partial charge in [0.05, 0.1) is 13.2 Å². The van der Waals surface area contributed by atoms with Crippen LogP contribution in [0.2, 0.25) is 0 Å². The number of methoxy groups -OCH3 is 1. The average Bonchev–Trinajstić information content (AvgIpc) is 2.35. The summed E-state index contributed by atoms with van der Waals surface area (Å²) in [6, 6.07) is 0.188. The zero-order valence-corrected chi connectivity index (χ0v) is 10.3. The molecule has 94 valence electrons. The van der Waals surface area contributed by atoms with Crippen molar-refractivity contribution in [3.05, 3.63) is 18.0 Å². The number of thioether (sulfide) groups is 1. The highest BCUT2D eigenvalue weighted by Gasteiger charge is 2.19. The number of nitrogens with zero attached hydrogens (tertiary/aromatic N) is 2. The summed E-state index contributed by atoms with van der Waals surface area (Å²) in [6.07, 6.45) is 0.588. The third-order valence-electron chi connectivity index (χ3n) is 1.99. The maximum atomic E-state index is 10.7. The first-order valence-corrected chi connectivity index (χ1v) is 5.88. The summed E-state index contributed by atoms with van der Waals surface area (Å²) in [5.74, 6) is 0.128. The molecule has 0 aromatic carbocycles. The molecule has 0 aliphatic carbocycles. The predicted molar refractivity (Wildman–Crippen MR) is 62.7 cm³/mol. The predicted octanol–water partition coefficient (Wildman–Crippen LogP) is 0.159. The normalized spacial score (nSPS) is 14.1. The molecule has 0 spiro atoms. The molecule has 0 saturated carbocycles. The molecule has 2 unspecified atom stereocenters. The van der Waals surface area contributed by atoms with Crippen molar-refractivity contribution in [1.82, 2.24) is 9.97 Å². The van der Waals surface area contributed by atoms with E-state index in [0.717, 1.165) is 11.8 Å². The van der Waals surface area contributed by atoms with Crippen molar-refractivity contribution in [3.8, 4) is 6.01 Å². The largest absolute Gasteiger partial charge is 0.467 e. The van der Waals surface area contributed by atoms with Crippen molar-refractivity contribution >= 4 is 16.9 Å². The molecule has 6 nitrogen and oxygen atoms in total. The van der Waals surface area contributed by atoms with Gasteiger partial charge in [-0.1, -0.05) is 11.8 Å². The number of carbonyl (C=O) groups is 1. The minimum Gasteiger partial charge on any atom is -0.467 e. The van der Waals surface area contributed by atoms with Crippen LogP contribution in [-0.4, -0.2) is 44.3 Å². The van der Waals surface area contributed by atoms with Crippen LogP contribution in [0.15, 0.2) is 12.4 Å². The van der Waals surface area contributed by atoms with Gasteiger partial charge in [-0.3, -0.25) is 4.79 Å². The summed E-state index contributed by atoms with van der Waals surface area (Å²) in [7, 11) is 1.43. The van der Waals surface area contributed by atoms with Gasteiger partial charge < -0.3 is 14.9 Å². The van der Waals surface area contributed by atoms with Crippen LogP contribution in [-0.2, 0) is 4.79 Å². The molecule has 0 amide bonds. The van der Waals surface area contributed by atoms with Crippen LogP contribution in [0.25, 0.3) is 0 Å². The van der Waals surface area contributed by atoms with E-state index in [1.807, 2.05) is 0 Å². The topological polar surface area (TPSA) is 92.5 Å². The van der Waals surface area contributed by atoms with Crippen molar-refractivity contribution in [2.24, 2.45) is 0 Å². The van der Waals surface area contributed by atoms with Crippen LogP contribution in [0.3, 0.4) is 0 Å². The first-order valence-electron chi connectivity index (χ1n) is 4.90. The van der Waals surface area contributed by atoms with Gasteiger partial charge >= 0.3 is 6.01 Å². The van der Waals surface area contributed by atoms with Gasteiger partial charge in [-0.2, -0.15) is 0 Å². The van der Waals surface area contributed by atoms with Crippen molar-refractivity contribution in [2.75, 3.05) is 12.9 Å². The van der Waals surface area contributed by atoms with E-state index in [1.54, 1.807) is 0 Å². The second-order valence-electron chi connectivity index (χ2n) is 3.32. The van der Waals surface area contributed by atoms with E-state index in [2.05, 4.69) is 9.97 Å². The lowest BCUT2D eigenvalue weighted by molar-refractivity contribution is -0.109.